The largest absolute Gasteiger partial charge is 0.0826 e. The molecule has 1 aromatic rings. The third-order valence-electron chi connectivity index (χ3n) is 1.06. The van der Waals surface area contributed by atoms with Crippen LogP contribution in [-0.4, -0.2) is 0 Å². The molecule has 11 heavy (non-hydrogen) atoms. The first-order valence-corrected chi connectivity index (χ1v) is 5.66. The second-order valence-corrected chi connectivity index (χ2v) is 5.01. The summed E-state index contributed by atoms with van der Waals surface area (Å²) in [6.45, 7) is 0. The quantitative estimate of drug-likeness (QED) is 0.422. The number of hydrogen-bond donors (Lipinski definition) is 0. The maximum atomic E-state index is 5.83. The minimum Gasteiger partial charge on any atom is -0.0826 e. The van der Waals surface area contributed by atoms with E-state index in [9.17, 15) is 0 Å². The molecular formula is C6HBr3Cl2. The van der Waals surface area contributed by atoms with Crippen LogP contribution in [0.15, 0.2) is 19.5 Å². The molecule has 0 bridgehead atoms. The van der Waals surface area contributed by atoms with E-state index in [4.69, 9.17) is 23.2 Å². The Morgan fingerprint density at radius 3 is 2.09 bits per heavy atom. The van der Waals surface area contributed by atoms with E-state index in [1.165, 1.54) is 0 Å². The van der Waals surface area contributed by atoms with Crippen molar-refractivity contribution in [2.24, 2.45) is 0 Å². The van der Waals surface area contributed by atoms with Gasteiger partial charge in [0.1, 0.15) is 0 Å². The Balaban J connectivity index is 3.46. The van der Waals surface area contributed by atoms with E-state index in [1.807, 2.05) is 0 Å². The molecule has 0 aliphatic rings. The van der Waals surface area contributed by atoms with E-state index >= 15 is 0 Å². The van der Waals surface area contributed by atoms with Crippen LogP contribution in [0.4, 0.5) is 0 Å². The minimum absolute atomic E-state index is 0.516. The van der Waals surface area contributed by atoms with Gasteiger partial charge in [0.15, 0.2) is 0 Å². The zero-order chi connectivity index (χ0) is 8.59. The van der Waals surface area contributed by atoms with Gasteiger partial charge in [-0.25, -0.2) is 0 Å². The van der Waals surface area contributed by atoms with E-state index in [2.05, 4.69) is 47.8 Å². The number of rotatable bonds is 0. The van der Waals surface area contributed by atoms with Crippen molar-refractivity contribution < 1.29 is 0 Å². The van der Waals surface area contributed by atoms with E-state index in [0.29, 0.717) is 10.0 Å². The van der Waals surface area contributed by atoms with Gasteiger partial charge in [-0.2, -0.15) is 0 Å². The Kier molecular flexibility index (Phi) is 3.72. The van der Waals surface area contributed by atoms with Gasteiger partial charge in [0.25, 0.3) is 0 Å². The number of benzene rings is 1. The molecule has 0 nitrogen and oxygen atoms in total. The Morgan fingerprint density at radius 1 is 1.00 bits per heavy atom. The van der Waals surface area contributed by atoms with Crippen molar-refractivity contribution >= 4 is 71.0 Å². The van der Waals surface area contributed by atoms with Crippen molar-refractivity contribution in [3.05, 3.63) is 29.5 Å². The highest BCUT2D eigenvalue weighted by molar-refractivity contribution is 9.14. The van der Waals surface area contributed by atoms with Crippen molar-refractivity contribution in [2.75, 3.05) is 0 Å². The Bertz CT molecular complexity index is 272. The van der Waals surface area contributed by atoms with Crippen LogP contribution in [0.3, 0.4) is 0 Å². The summed E-state index contributed by atoms with van der Waals surface area (Å²) in [4.78, 5) is 0. The van der Waals surface area contributed by atoms with Gasteiger partial charge in [-0.15, -0.1) is 0 Å². The summed E-state index contributed by atoms with van der Waals surface area (Å²) in [5.41, 5.74) is 0. The average molecular weight is 384 g/mol. The molecule has 0 N–H and O–H groups in total. The molecule has 1 aromatic carbocycles. The Morgan fingerprint density at radius 2 is 1.55 bits per heavy atom. The summed E-state index contributed by atoms with van der Waals surface area (Å²) in [6.07, 6.45) is 0. The zero-order valence-electron chi connectivity index (χ0n) is 4.97. The maximum absolute atomic E-state index is 5.83. The van der Waals surface area contributed by atoms with Crippen LogP contribution in [0.1, 0.15) is 0 Å². The lowest BCUT2D eigenvalue weighted by Crippen LogP contribution is -1.76. The molecule has 0 spiro atoms. The highest BCUT2D eigenvalue weighted by Gasteiger charge is 2.09. The standard InChI is InChI=1S/C6HBr3Cl2/c7-2-1-3(10)6(11)5(9)4(2)8/h1H. The van der Waals surface area contributed by atoms with Crippen LogP contribution >= 0.6 is 71.0 Å². The van der Waals surface area contributed by atoms with E-state index in [1.54, 1.807) is 6.07 Å². The summed E-state index contributed by atoms with van der Waals surface area (Å²) < 4.78 is 2.50. The molecular weight excluding hydrogens is 383 g/mol. The molecule has 0 aliphatic carbocycles. The molecule has 60 valence electrons. The van der Waals surface area contributed by atoms with E-state index in [0.717, 1.165) is 13.4 Å². The number of halogens is 5. The summed E-state index contributed by atoms with van der Waals surface area (Å²) >= 11 is 21.5. The van der Waals surface area contributed by atoms with Crippen LogP contribution in [-0.2, 0) is 0 Å². The first-order valence-electron chi connectivity index (χ1n) is 2.52. The van der Waals surface area contributed by atoms with Crippen molar-refractivity contribution in [2.45, 2.75) is 0 Å². The van der Waals surface area contributed by atoms with E-state index < -0.39 is 0 Å². The first kappa shape index (κ1) is 10.3. The van der Waals surface area contributed by atoms with Gasteiger partial charge in [-0.1, -0.05) is 23.2 Å². The maximum Gasteiger partial charge on any atom is 0.0746 e. The lowest BCUT2D eigenvalue weighted by atomic mass is 10.4. The topological polar surface area (TPSA) is 0 Å². The van der Waals surface area contributed by atoms with E-state index in [-0.39, 0.29) is 0 Å². The SMILES string of the molecule is Clc1cc(Br)c(Br)c(Br)c1Cl. The molecule has 5 heteroatoms. The molecule has 1 rings (SSSR count). The van der Waals surface area contributed by atoms with Gasteiger partial charge in [0.2, 0.25) is 0 Å². The second kappa shape index (κ2) is 3.97. The fourth-order valence-corrected chi connectivity index (χ4v) is 2.69. The van der Waals surface area contributed by atoms with Crippen molar-refractivity contribution in [1.82, 2.24) is 0 Å². The fraction of sp³-hybridized carbons (Fsp3) is 0. The molecule has 0 aliphatic heterocycles. The monoisotopic (exact) mass is 380 g/mol. The molecule has 0 aromatic heterocycles. The van der Waals surface area contributed by atoms with Crippen molar-refractivity contribution in [1.29, 1.82) is 0 Å². The lowest BCUT2D eigenvalue weighted by molar-refractivity contribution is 1.54. The zero-order valence-corrected chi connectivity index (χ0v) is 11.2. The van der Waals surface area contributed by atoms with Gasteiger partial charge in [0, 0.05) is 8.95 Å². The molecule has 0 unspecified atom stereocenters. The Hall–Kier alpha value is 1.24. The van der Waals surface area contributed by atoms with Gasteiger partial charge in [0.05, 0.1) is 14.5 Å². The molecule has 0 saturated heterocycles. The van der Waals surface area contributed by atoms with Gasteiger partial charge >= 0.3 is 0 Å². The van der Waals surface area contributed by atoms with Crippen LogP contribution < -0.4 is 0 Å². The van der Waals surface area contributed by atoms with Gasteiger partial charge < -0.3 is 0 Å². The fourth-order valence-electron chi connectivity index (χ4n) is 0.544. The van der Waals surface area contributed by atoms with Crippen LogP contribution in [0.2, 0.25) is 10.0 Å². The number of hydrogen-bond acceptors (Lipinski definition) is 0. The molecule has 0 saturated carbocycles. The van der Waals surface area contributed by atoms with Gasteiger partial charge in [-0.05, 0) is 53.9 Å². The first-order chi connectivity index (χ1) is 5.04. The van der Waals surface area contributed by atoms with Crippen LogP contribution in [0, 0.1) is 0 Å². The minimum atomic E-state index is 0.516. The van der Waals surface area contributed by atoms with Crippen LogP contribution in [0.25, 0.3) is 0 Å². The average Bonchev–Trinajstić information content (AvgIpc) is 1.97. The molecule has 0 amide bonds. The normalized spacial score (nSPS) is 10.3. The highest BCUT2D eigenvalue weighted by atomic mass is 79.9. The Labute approximate surface area is 99.6 Å². The summed E-state index contributed by atoms with van der Waals surface area (Å²) in [7, 11) is 0. The second-order valence-electron chi connectivity index (χ2n) is 1.78. The van der Waals surface area contributed by atoms with Crippen LogP contribution in [0.5, 0.6) is 0 Å². The predicted octanol–water partition coefficient (Wildman–Crippen LogP) is 5.28. The molecule has 0 atom stereocenters. The summed E-state index contributed by atoms with van der Waals surface area (Å²) in [5, 5.41) is 1.04. The van der Waals surface area contributed by atoms with Crippen molar-refractivity contribution in [3.63, 3.8) is 0 Å². The van der Waals surface area contributed by atoms with Gasteiger partial charge in [-0.3, -0.25) is 0 Å². The highest BCUT2D eigenvalue weighted by Crippen LogP contribution is 2.40. The molecule has 0 fully saturated rings. The third kappa shape index (κ3) is 2.13. The van der Waals surface area contributed by atoms with Crippen molar-refractivity contribution in [3.8, 4) is 0 Å². The summed E-state index contributed by atoms with van der Waals surface area (Å²) in [6, 6.07) is 1.73. The molecule has 0 radical (unpaired) electrons. The third-order valence-corrected chi connectivity index (χ3v) is 5.38. The molecule has 0 heterocycles. The smallest absolute Gasteiger partial charge is 0.0746 e. The lowest BCUT2D eigenvalue weighted by Gasteiger charge is -2.03. The predicted molar refractivity (Wildman–Crippen MR) is 59.6 cm³/mol. The summed E-state index contributed by atoms with van der Waals surface area (Å²) in [5.74, 6) is 0.